The van der Waals surface area contributed by atoms with Crippen LogP contribution in [0.2, 0.25) is 0 Å². The molecule has 0 heterocycles. The van der Waals surface area contributed by atoms with Gasteiger partial charge in [0.1, 0.15) is 24.0 Å². The van der Waals surface area contributed by atoms with Crippen LogP contribution in [0.4, 0.5) is 17.6 Å². The van der Waals surface area contributed by atoms with Gasteiger partial charge < -0.3 is 4.74 Å². The Kier molecular flexibility index (Phi) is 7.52. The maximum absolute atomic E-state index is 14.4. The number of rotatable bonds is 6. The molecule has 0 radical (unpaired) electrons. The molecule has 4 rings (SSSR count). The molecule has 0 saturated carbocycles. The summed E-state index contributed by atoms with van der Waals surface area (Å²) in [5.41, 5.74) is 2.39. The molecule has 0 N–H and O–H groups in total. The first-order valence-electron chi connectivity index (χ1n) is 11.1. The summed E-state index contributed by atoms with van der Waals surface area (Å²) < 4.78 is 61.3. The first-order valence-corrected chi connectivity index (χ1v) is 11.1. The largest absolute Gasteiger partial charge is 0.489 e. The summed E-state index contributed by atoms with van der Waals surface area (Å²) in [6.07, 6.45) is 4.23. The summed E-state index contributed by atoms with van der Waals surface area (Å²) in [6.45, 7) is 2.09. The highest BCUT2D eigenvalue weighted by Gasteiger charge is 2.12. The second-order valence-corrected chi connectivity index (χ2v) is 7.99. The quantitative estimate of drug-likeness (QED) is 0.159. The zero-order chi connectivity index (χ0) is 24.8. The van der Waals surface area contributed by atoms with Crippen molar-refractivity contribution in [2.24, 2.45) is 0 Å². The van der Waals surface area contributed by atoms with Crippen LogP contribution in [0.1, 0.15) is 29.2 Å². The topological polar surface area (TPSA) is 9.23 Å². The molecule has 0 bridgehead atoms. The molecule has 0 amide bonds. The van der Waals surface area contributed by atoms with Gasteiger partial charge in [0, 0.05) is 34.2 Å². The van der Waals surface area contributed by atoms with Crippen LogP contribution in [-0.2, 0) is 12.8 Å². The first-order chi connectivity index (χ1) is 16.9. The number of aryl methyl sites for hydroxylation is 1. The highest BCUT2D eigenvalue weighted by Crippen LogP contribution is 2.23. The minimum atomic E-state index is -0.881. The van der Waals surface area contributed by atoms with Crippen LogP contribution in [0, 0.1) is 35.1 Å². The van der Waals surface area contributed by atoms with E-state index < -0.39 is 23.3 Å². The summed E-state index contributed by atoms with van der Waals surface area (Å²) in [4.78, 5) is 0. The van der Waals surface area contributed by atoms with Gasteiger partial charge in [-0.25, -0.2) is 17.6 Å². The Morgan fingerprint density at radius 1 is 0.743 bits per heavy atom. The van der Waals surface area contributed by atoms with Crippen molar-refractivity contribution in [3.8, 4) is 17.6 Å². The van der Waals surface area contributed by atoms with Gasteiger partial charge in [0.25, 0.3) is 0 Å². The zero-order valence-corrected chi connectivity index (χ0v) is 19.0. The molecule has 0 atom stereocenters. The van der Waals surface area contributed by atoms with Crippen molar-refractivity contribution in [2.75, 3.05) is 6.61 Å². The second kappa shape index (κ2) is 10.9. The van der Waals surface area contributed by atoms with Gasteiger partial charge in [0.05, 0.1) is 0 Å². The van der Waals surface area contributed by atoms with E-state index in [9.17, 15) is 17.6 Å². The van der Waals surface area contributed by atoms with Gasteiger partial charge in [0.15, 0.2) is 11.6 Å². The molecule has 0 aliphatic rings. The lowest BCUT2D eigenvalue weighted by molar-refractivity contribution is 0.356. The Morgan fingerprint density at radius 3 is 2.14 bits per heavy atom. The Balaban J connectivity index is 1.41. The molecule has 0 aromatic heterocycles. The molecule has 4 aromatic carbocycles. The van der Waals surface area contributed by atoms with Crippen LogP contribution in [0.3, 0.4) is 0 Å². The van der Waals surface area contributed by atoms with Crippen LogP contribution in [0.5, 0.6) is 5.75 Å². The summed E-state index contributed by atoms with van der Waals surface area (Å²) in [7, 11) is 0. The highest BCUT2D eigenvalue weighted by atomic mass is 19.2. The predicted molar refractivity (Wildman–Crippen MR) is 130 cm³/mol. The van der Waals surface area contributed by atoms with Crippen LogP contribution in [-0.4, -0.2) is 6.61 Å². The van der Waals surface area contributed by atoms with Gasteiger partial charge >= 0.3 is 0 Å². The number of allylic oxidation sites excluding steroid dienone is 1. The number of benzene rings is 4. The van der Waals surface area contributed by atoms with E-state index in [-0.39, 0.29) is 29.7 Å². The van der Waals surface area contributed by atoms with E-state index in [1.807, 2.05) is 31.2 Å². The molecule has 5 heteroatoms. The lowest BCUT2D eigenvalue weighted by Gasteiger charge is -2.09. The molecule has 0 fully saturated rings. The fourth-order valence-electron chi connectivity index (χ4n) is 3.65. The summed E-state index contributed by atoms with van der Waals surface area (Å²) in [6, 6.07) is 17.3. The Hall–Kier alpha value is -4.04. The van der Waals surface area contributed by atoms with E-state index in [2.05, 4.69) is 11.8 Å². The fraction of sp³-hybridized carbons (Fsp3) is 0.133. The standard InChI is InChI=1S/C30H22F4O/c1-2-3-16-35-24-18-28(32)26(29(33)19-24)14-10-21-6-4-20(5-7-21)8-9-22-11-13-25-23(17-22)12-15-27(31)30(25)34/h2-7,11-13,15,17-19H,10,14,16H2,1H3/b3-2+. The SMILES string of the molecule is C/C=C/COc1cc(F)c(CCc2ccc(C#Cc3ccc4c(F)c(F)ccc4c3)cc2)c(F)c1. The first kappa shape index (κ1) is 24.1. The van der Waals surface area contributed by atoms with Crippen LogP contribution in [0.25, 0.3) is 10.8 Å². The average molecular weight is 474 g/mol. The monoisotopic (exact) mass is 474 g/mol. The molecule has 4 aromatic rings. The second-order valence-electron chi connectivity index (χ2n) is 7.99. The summed E-state index contributed by atoms with van der Waals surface area (Å²) >= 11 is 0. The molecular formula is C30H22F4O. The van der Waals surface area contributed by atoms with E-state index in [1.54, 1.807) is 24.3 Å². The van der Waals surface area contributed by atoms with Gasteiger partial charge in [-0.3, -0.25) is 0 Å². The molecule has 0 saturated heterocycles. The average Bonchev–Trinajstić information content (AvgIpc) is 2.85. The summed E-state index contributed by atoms with van der Waals surface area (Å²) in [5.74, 6) is 3.22. The zero-order valence-electron chi connectivity index (χ0n) is 19.0. The lowest BCUT2D eigenvalue weighted by atomic mass is 10.0. The molecule has 0 unspecified atom stereocenters. The third-order valence-corrected chi connectivity index (χ3v) is 5.57. The van der Waals surface area contributed by atoms with E-state index in [0.717, 1.165) is 17.2 Å². The van der Waals surface area contributed by atoms with E-state index in [1.165, 1.54) is 24.3 Å². The molecule has 0 aliphatic heterocycles. The van der Waals surface area contributed by atoms with Gasteiger partial charge in [-0.15, -0.1) is 0 Å². The van der Waals surface area contributed by atoms with Crippen LogP contribution < -0.4 is 4.74 Å². The van der Waals surface area contributed by atoms with Crippen molar-refractivity contribution in [3.63, 3.8) is 0 Å². The smallest absolute Gasteiger partial charge is 0.166 e. The van der Waals surface area contributed by atoms with E-state index in [0.29, 0.717) is 17.4 Å². The third kappa shape index (κ3) is 5.91. The normalized spacial score (nSPS) is 11.0. The van der Waals surface area contributed by atoms with Crippen molar-refractivity contribution in [2.45, 2.75) is 19.8 Å². The Bertz CT molecular complexity index is 1420. The van der Waals surface area contributed by atoms with Crippen molar-refractivity contribution in [1.82, 2.24) is 0 Å². The number of halogens is 4. The number of hydrogen-bond donors (Lipinski definition) is 0. The van der Waals surface area contributed by atoms with E-state index in [4.69, 9.17) is 4.74 Å². The molecule has 176 valence electrons. The van der Waals surface area contributed by atoms with Gasteiger partial charge in [-0.1, -0.05) is 48.3 Å². The molecular weight excluding hydrogens is 452 g/mol. The predicted octanol–water partition coefficient (Wildman–Crippen LogP) is 7.54. The molecule has 1 nitrogen and oxygen atoms in total. The fourth-order valence-corrected chi connectivity index (χ4v) is 3.65. The van der Waals surface area contributed by atoms with E-state index >= 15 is 0 Å². The van der Waals surface area contributed by atoms with Crippen LogP contribution >= 0.6 is 0 Å². The van der Waals surface area contributed by atoms with Crippen molar-refractivity contribution < 1.29 is 22.3 Å². The maximum atomic E-state index is 14.4. The minimum Gasteiger partial charge on any atom is -0.489 e. The van der Waals surface area contributed by atoms with Crippen molar-refractivity contribution >= 4 is 10.8 Å². The Morgan fingerprint density at radius 2 is 1.43 bits per heavy atom. The maximum Gasteiger partial charge on any atom is 0.166 e. The van der Waals surface area contributed by atoms with Crippen molar-refractivity contribution in [1.29, 1.82) is 0 Å². The Labute approximate surface area is 201 Å². The third-order valence-electron chi connectivity index (χ3n) is 5.57. The number of hydrogen-bond acceptors (Lipinski definition) is 1. The van der Waals surface area contributed by atoms with Crippen LogP contribution in [0.15, 0.2) is 78.9 Å². The minimum absolute atomic E-state index is 0.0277. The van der Waals surface area contributed by atoms with Crippen molar-refractivity contribution in [3.05, 3.63) is 124 Å². The molecule has 0 aliphatic carbocycles. The molecule has 0 spiro atoms. The number of fused-ring (bicyclic) bond motifs is 1. The number of ether oxygens (including phenoxy) is 1. The highest BCUT2D eigenvalue weighted by molar-refractivity contribution is 5.84. The lowest BCUT2D eigenvalue weighted by Crippen LogP contribution is -2.02. The summed E-state index contributed by atoms with van der Waals surface area (Å²) in [5, 5.41) is 0.784. The van der Waals surface area contributed by atoms with Gasteiger partial charge in [-0.05, 0) is 61.0 Å². The van der Waals surface area contributed by atoms with Gasteiger partial charge in [-0.2, -0.15) is 0 Å². The molecule has 35 heavy (non-hydrogen) atoms. The van der Waals surface area contributed by atoms with Gasteiger partial charge in [0.2, 0.25) is 0 Å².